The molecule has 0 aliphatic carbocycles. The van der Waals surface area contributed by atoms with E-state index in [2.05, 4.69) is 40.5 Å². The number of nitrogens with one attached hydrogen (secondary N) is 1. The molecule has 5 aromatic rings. The number of hydrogen-bond acceptors (Lipinski definition) is 9. The van der Waals surface area contributed by atoms with Gasteiger partial charge in [0.2, 0.25) is 10.0 Å². The van der Waals surface area contributed by atoms with Crippen LogP contribution >= 0.6 is 22.7 Å². The molecule has 4 heterocycles. The van der Waals surface area contributed by atoms with Crippen molar-refractivity contribution in [3.05, 3.63) is 100 Å². The minimum Gasteiger partial charge on any atom is -0.466 e. The molecule has 0 spiro atoms. The molecule has 12 heteroatoms. The predicted octanol–water partition coefficient (Wildman–Crippen LogP) is 6.80. The summed E-state index contributed by atoms with van der Waals surface area (Å²) in [4.78, 5) is 34.5. The lowest BCUT2D eigenvalue weighted by Crippen LogP contribution is -2.40. The summed E-state index contributed by atoms with van der Waals surface area (Å²) in [6.45, 7) is 5.10. The zero-order valence-corrected chi connectivity index (χ0v) is 29.0. The summed E-state index contributed by atoms with van der Waals surface area (Å²) in [7, 11) is -3.77. The van der Waals surface area contributed by atoms with Crippen molar-refractivity contribution < 1.29 is 22.7 Å². The highest BCUT2D eigenvalue weighted by Gasteiger charge is 2.33. The summed E-state index contributed by atoms with van der Waals surface area (Å²) >= 11 is 3.22. The van der Waals surface area contributed by atoms with Crippen molar-refractivity contribution in [2.45, 2.75) is 44.2 Å². The van der Waals surface area contributed by atoms with Gasteiger partial charge in [0.25, 0.3) is 5.91 Å². The van der Waals surface area contributed by atoms with Gasteiger partial charge in [0.05, 0.1) is 27.6 Å². The SMILES string of the molecule is CCOC(=O)C1CCN(S(=O)(=O)c2ccc(C(=O)Nc3sc4c(c3-c3nc5ccccc5s3)CCN(Cc3ccccc3)C4)cc2)CC1. The van der Waals surface area contributed by atoms with Gasteiger partial charge in [-0.3, -0.25) is 14.5 Å². The number of thiophene rings is 1. The second-order valence-corrected chi connectivity index (χ2v) is 16.1. The number of para-hydroxylation sites is 1. The molecule has 9 nitrogen and oxygen atoms in total. The van der Waals surface area contributed by atoms with Crippen LogP contribution < -0.4 is 5.32 Å². The normalized spacial score (nSPS) is 16.1. The fourth-order valence-electron chi connectivity index (χ4n) is 6.42. The number of amides is 1. The van der Waals surface area contributed by atoms with Crippen LogP contribution in [0.3, 0.4) is 0 Å². The van der Waals surface area contributed by atoms with Gasteiger partial charge in [-0.25, -0.2) is 13.4 Å². The van der Waals surface area contributed by atoms with E-state index in [9.17, 15) is 18.0 Å². The third kappa shape index (κ3) is 6.68. The number of rotatable bonds is 9. The standard InChI is InChI=1S/C36H36N4O5S3/c1-2-45-36(42)26-16-20-40(21-17-26)48(43,44)27-14-12-25(13-15-27)33(41)38-35-32(34-37-29-10-6-7-11-30(29)46-34)28-18-19-39(23-31(28)47-35)22-24-8-4-3-5-9-24/h3-15,26H,2,16-23H2,1H3,(H,38,41). The van der Waals surface area contributed by atoms with E-state index in [1.165, 1.54) is 32.4 Å². The Hall–Kier alpha value is -3.94. The van der Waals surface area contributed by atoms with Crippen LogP contribution in [0.15, 0.2) is 83.8 Å². The highest BCUT2D eigenvalue weighted by atomic mass is 32.2. The third-order valence-corrected chi connectivity index (χ3v) is 13.0. The molecule has 0 radical (unpaired) electrons. The monoisotopic (exact) mass is 700 g/mol. The van der Waals surface area contributed by atoms with Gasteiger partial charge >= 0.3 is 5.97 Å². The van der Waals surface area contributed by atoms with E-state index in [0.29, 0.717) is 25.0 Å². The maximum absolute atomic E-state index is 13.7. The van der Waals surface area contributed by atoms with Gasteiger partial charge in [-0.15, -0.1) is 22.7 Å². The topological polar surface area (TPSA) is 109 Å². The van der Waals surface area contributed by atoms with Crippen LogP contribution in [0.2, 0.25) is 0 Å². The Bertz CT molecular complexity index is 2020. The largest absolute Gasteiger partial charge is 0.466 e. The molecule has 1 fully saturated rings. The van der Waals surface area contributed by atoms with E-state index in [1.807, 2.05) is 24.3 Å². The van der Waals surface area contributed by atoms with Crippen molar-refractivity contribution >= 4 is 59.8 Å². The minimum absolute atomic E-state index is 0.119. The maximum atomic E-state index is 13.7. The molecule has 48 heavy (non-hydrogen) atoms. The fourth-order valence-corrected chi connectivity index (χ4v) is 10.3. The average molecular weight is 701 g/mol. The van der Waals surface area contributed by atoms with Crippen LogP contribution in [0.1, 0.15) is 46.1 Å². The molecule has 0 atom stereocenters. The van der Waals surface area contributed by atoms with Crippen molar-refractivity contribution in [3.8, 4) is 10.6 Å². The first-order chi connectivity index (χ1) is 23.3. The number of hydrogen-bond donors (Lipinski definition) is 1. The minimum atomic E-state index is -3.77. The van der Waals surface area contributed by atoms with Crippen LogP contribution in [0.25, 0.3) is 20.8 Å². The first-order valence-corrected chi connectivity index (χ1v) is 19.2. The van der Waals surface area contributed by atoms with Crippen molar-refractivity contribution in [1.29, 1.82) is 0 Å². The molecule has 2 aliphatic rings. The second-order valence-electron chi connectivity index (χ2n) is 12.0. The van der Waals surface area contributed by atoms with E-state index in [-0.39, 0.29) is 35.8 Å². The molecule has 0 unspecified atom stereocenters. The zero-order chi connectivity index (χ0) is 33.3. The average Bonchev–Trinajstić information content (AvgIpc) is 3.69. The van der Waals surface area contributed by atoms with Crippen LogP contribution in [-0.4, -0.2) is 60.7 Å². The van der Waals surface area contributed by atoms with Crippen molar-refractivity contribution in [3.63, 3.8) is 0 Å². The highest BCUT2D eigenvalue weighted by Crippen LogP contribution is 2.46. The molecule has 2 aliphatic heterocycles. The summed E-state index contributed by atoms with van der Waals surface area (Å²) < 4.78 is 34.4. The van der Waals surface area contributed by atoms with Crippen LogP contribution in [0.4, 0.5) is 5.00 Å². The van der Waals surface area contributed by atoms with Gasteiger partial charge < -0.3 is 10.1 Å². The second kappa shape index (κ2) is 13.9. The molecule has 248 valence electrons. The van der Waals surface area contributed by atoms with E-state index < -0.39 is 10.0 Å². The number of anilines is 1. The van der Waals surface area contributed by atoms with Crippen molar-refractivity contribution in [1.82, 2.24) is 14.2 Å². The van der Waals surface area contributed by atoms with Gasteiger partial charge in [-0.2, -0.15) is 4.31 Å². The number of sulfonamides is 1. The Morgan fingerprint density at radius 2 is 1.67 bits per heavy atom. The molecule has 7 rings (SSSR count). The van der Waals surface area contributed by atoms with E-state index >= 15 is 0 Å². The Kier molecular flexibility index (Phi) is 9.43. The van der Waals surface area contributed by atoms with Crippen molar-refractivity contribution in [2.75, 3.05) is 31.6 Å². The number of ether oxygens (including phenoxy) is 1. The summed E-state index contributed by atoms with van der Waals surface area (Å²) in [6.07, 6.45) is 1.69. The highest BCUT2D eigenvalue weighted by molar-refractivity contribution is 7.89. The Balaban J connectivity index is 1.11. The number of benzene rings is 3. The van der Waals surface area contributed by atoms with Gasteiger partial charge in [0.15, 0.2) is 0 Å². The van der Waals surface area contributed by atoms with Crippen molar-refractivity contribution in [2.24, 2.45) is 5.92 Å². The Morgan fingerprint density at radius 1 is 0.938 bits per heavy atom. The van der Waals surface area contributed by atoms with Crippen LogP contribution in [0, 0.1) is 5.92 Å². The molecule has 1 amide bonds. The number of piperidine rings is 1. The molecular weight excluding hydrogens is 665 g/mol. The number of nitrogens with zero attached hydrogens (tertiary/aromatic N) is 3. The lowest BCUT2D eigenvalue weighted by molar-refractivity contribution is -0.149. The Labute approximate surface area is 288 Å². The van der Waals surface area contributed by atoms with E-state index in [4.69, 9.17) is 9.72 Å². The number of carbonyl (C=O) groups excluding carboxylic acids is 2. The molecular formula is C36H36N4O5S3. The first kappa shape index (κ1) is 32.6. The third-order valence-electron chi connectivity index (χ3n) is 8.95. The van der Waals surface area contributed by atoms with Gasteiger partial charge in [0, 0.05) is 48.7 Å². The predicted molar refractivity (Wildman–Crippen MR) is 190 cm³/mol. The molecule has 0 saturated carbocycles. The quantitative estimate of drug-likeness (QED) is 0.169. The summed E-state index contributed by atoms with van der Waals surface area (Å²) in [5.41, 5.74) is 4.77. The van der Waals surface area contributed by atoms with E-state index in [0.717, 1.165) is 51.8 Å². The maximum Gasteiger partial charge on any atom is 0.309 e. The molecule has 1 N–H and O–H groups in total. The number of fused-ring (bicyclic) bond motifs is 2. The van der Waals surface area contributed by atoms with Gasteiger partial charge in [0.1, 0.15) is 10.0 Å². The number of aromatic nitrogens is 1. The smallest absolute Gasteiger partial charge is 0.309 e. The zero-order valence-electron chi connectivity index (χ0n) is 26.6. The Morgan fingerprint density at radius 3 is 2.40 bits per heavy atom. The van der Waals surface area contributed by atoms with Crippen LogP contribution in [0.5, 0.6) is 0 Å². The molecule has 2 aromatic heterocycles. The number of carbonyl (C=O) groups is 2. The molecule has 0 bridgehead atoms. The first-order valence-electron chi connectivity index (χ1n) is 16.1. The lowest BCUT2D eigenvalue weighted by Gasteiger charge is -2.30. The van der Waals surface area contributed by atoms with Gasteiger partial charge in [-0.05, 0) is 73.7 Å². The summed E-state index contributed by atoms with van der Waals surface area (Å²) in [6, 6.07) is 24.6. The summed E-state index contributed by atoms with van der Waals surface area (Å²) in [5, 5.41) is 4.80. The summed E-state index contributed by atoms with van der Waals surface area (Å²) in [5.74, 6) is -0.867. The lowest BCUT2D eigenvalue weighted by atomic mass is 9.98. The van der Waals surface area contributed by atoms with Crippen LogP contribution in [-0.2, 0) is 39.1 Å². The molecule has 1 saturated heterocycles. The van der Waals surface area contributed by atoms with Gasteiger partial charge in [-0.1, -0.05) is 42.5 Å². The number of thiazole rings is 1. The fraction of sp³-hybridized carbons (Fsp3) is 0.306. The molecule has 3 aromatic carbocycles. The number of esters is 1. The van der Waals surface area contributed by atoms with E-state index in [1.54, 1.807) is 41.7 Å².